The zero-order valence-electron chi connectivity index (χ0n) is 16.2. The van der Waals surface area contributed by atoms with Crippen molar-refractivity contribution in [1.82, 2.24) is 14.7 Å². The minimum absolute atomic E-state index is 0.309. The summed E-state index contributed by atoms with van der Waals surface area (Å²) < 4.78 is 0. The van der Waals surface area contributed by atoms with Crippen LogP contribution in [0.5, 0.6) is 0 Å². The molecule has 1 atom stereocenters. The van der Waals surface area contributed by atoms with Crippen LogP contribution in [-0.2, 0) is 0 Å². The van der Waals surface area contributed by atoms with Crippen LogP contribution in [0.1, 0.15) is 61.3 Å². The first-order valence-corrected chi connectivity index (χ1v) is 9.31. The van der Waals surface area contributed by atoms with E-state index in [-0.39, 0.29) is 0 Å². The summed E-state index contributed by atoms with van der Waals surface area (Å²) in [5.74, 6) is 0.909. The molecule has 22 heavy (non-hydrogen) atoms. The number of likely N-dealkylation sites (tertiary alicyclic amines) is 1. The molecule has 0 aliphatic carbocycles. The Morgan fingerprint density at radius 3 is 1.86 bits per heavy atom. The van der Waals surface area contributed by atoms with Crippen molar-refractivity contribution < 1.29 is 0 Å². The molecular weight excluding hydrogens is 270 g/mol. The van der Waals surface area contributed by atoms with Gasteiger partial charge in [-0.25, -0.2) is 0 Å². The highest BCUT2D eigenvalue weighted by atomic mass is 15.3. The van der Waals surface area contributed by atoms with Crippen LogP contribution in [0.4, 0.5) is 0 Å². The molecule has 0 N–H and O–H groups in total. The van der Waals surface area contributed by atoms with Crippen molar-refractivity contribution in [3.05, 3.63) is 0 Å². The fraction of sp³-hybridized carbons (Fsp3) is 1.00. The summed E-state index contributed by atoms with van der Waals surface area (Å²) in [5.41, 5.74) is 0.654. The Labute approximate surface area is 139 Å². The van der Waals surface area contributed by atoms with Gasteiger partial charge in [0.25, 0.3) is 0 Å². The average Bonchev–Trinajstić information content (AvgIpc) is 2.36. The van der Waals surface area contributed by atoms with Gasteiger partial charge in [0.15, 0.2) is 0 Å². The Kier molecular flexibility index (Phi) is 5.62. The van der Waals surface area contributed by atoms with Crippen LogP contribution in [0.2, 0.25) is 0 Å². The van der Waals surface area contributed by atoms with Crippen LogP contribution in [-0.4, -0.2) is 71.1 Å². The SMILES string of the molecule is C[C@H]1CN(CC2CCN(C(C)(C)C)CC2)CCN1C(C)(C)C. The first kappa shape index (κ1) is 18.2. The largest absolute Gasteiger partial charge is 0.300 e. The van der Waals surface area contributed by atoms with E-state index >= 15 is 0 Å². The number of hydrogen-bond donors (Lipinski definition) is 0. The average molecular weight is 310 g/mol. The predicted octanol–water partition coefficient (Wildman–Crippen LogP) is 3.30. The molecule has 2 aliphatic rings. The molecule has 2 fully saturated rings. The van der Waals surface area contributed by atoms with E-state index < -0.39 is 0 Å². The normalized spacial score (nSPS) is 28.2. The first-order chi connectivity index (χ1) is 10.1. The van der Waals surface area contributed by atoms with Crippen molar-refractivity contribution in [3.63, 3.8) is 0 Å². The van der Waals surface area contributed by atoms with Crippen molar-refractivity contribution in [1.29, 1.82) is 0 Å². The second-order valence-corrected chi connectivity index (χ2v) is 9.57. The zero-order chi connectivity index (χ0) is 16.5. The van der Waals surface area contributed by atoms with Crippen molar-refractivity contribution >= 4 is 0 Å². The highest BCUT2D eigenvalue weighted by Gasteiger charge is 2.33. The summed E-state index contributed by atoms with van der Waals surface area (Å²) in [6.45, 7) is 24.1. The maximum Gasteiger partial charge on any atom is 0.0200 e. The Hall–Kier alpha value is -0.120. The molecule has 2 aliphatic heterocycles. The standard InChI is InChI=1S/C19H39N3/c1-16-14-20(12-13-22(16)19(5,6)7)15-17-8-10-21(11-9-17)18(2,3)4/h16-17H,8-15H2,1-7H3/t16-/m0/s1. The molecule has 0 aromatic heterocycles. The fourth-order valence-electron chi connectivity index (χ4n) is 4.35. The maximum absolute atomic E-state index is 2.73. The summed E-state index contributed by atoms with van der Waals surface area (Å²) in [5, 5.41) is 0. The number of piperazine rings is 1. The number of hydrogen-bond acceptors (Lipinski definition) is 3. The quantitative estimate of drug-likeness (QED) is 0.775. The van der Waals surface area contributed by atoms with Gasteiger partial charge in [0, 0.05) is 43.3 Å². The van der Waals surface area contributed by atoms with Crippen LogP contribution in [0.25, 0.3) is 0 Å². The van der Waals surface area contributed by atoms with Crippen LogP contribution in [0, 0.1) is 5.92 Å². The fourth-order valence-corrected chi connectivity index (χ4v) is 4.35. The Morgan fingerprint density at radius 1 is 0.818 bits per heavy atom. The summed E-state index contributed by atoms with van der Waals surface area (Å²) in [6, 6.07) is 0.684. The summed E-state index contributed by atoms with van der Waals surface area (Å²) >= 11 is 0. The lowest BCUT2D eigenvalue weighted by Crippen LogP contribution is -2.59. The third-order valence-electron chi connectivity index (χ3n) is 5.65. The molecule has 0 unspecified atom stereocenters. The minimum atomic E-state index is 0.309. The molecule has 130 valence electrons. The molecule has 2 rings (SSSR count). The summed E-state index contributed by atoms with van der Waals surface area (Å²) in [6.07, 6.45) is 2.76. The molecule has 0 aromatic rings. The van der Waals surface area contributed by atoms with E-state index in [1.54, 1.807) is 0 Å². The van der Waals surface area contributed by atoms with E-state index in [0.717, 1.165) is 5.92 Å². The van der Waals surface area contributed by atoms with Crippen molar-refractivity contribution in [2.45, 2.75) is 78.4 Å². The number of nitrogens with zero attached hydrogens (tertiary/aromatic N) is 3. The molecule has 3 nitrogen and oxygen atoms in total. The Balaban J connectivity index is 1.77. The molecule has 0 aromatic carbocycles. The van der Waals surface area contributed by atoms with Gasteiger partial charge < -0.3 is 4.90 Å². The number of piperidine rings is 1. The van der Waals surface area contributed by atoms with E-state index in [9.17, 15) is 0 Å². The van der Waals surface area contributed by atoms with Gasteiger partial charge >= 0.3 is 0 Å². The summed E-state index contributed by atoms with van der Waals surface area (Å²) in [4.78, 5) is 8.06. The topological polar surface area (TPSA) is 9.72 Å². The lowest BCUT2D eigenvalue weighted by Gasteiger charge is -2.48. The highest BCUT2D eigenvalue weighted by Crippen LogP contribution is 2.26. The Bertz CT molecular complexity index is 345. The lowest BCUT2D eigenvalue weighted by atomic mass is 9.92. The van der Waals surface area contributed by atoms with Gasteiger partial charge in [-0.05, 0) is 80.3 Å². The molecule has 2 saturated heterocycles. The van der Waals surface area contributed by atoms with Gasteiger partial charge in [0.1, 0.15) is 0 Å². The Morgan fingerprint density at radius 2 is 1.41 bits per heavy atom. The molecule has 3 heteroatoms. The van der Waals surface area contributed by atoms with E-state index in [1.165, 1.54) is 52.1 Å². The van der Waals surface area contributed by atoms with Gasteiger partial charge in [-0.1, -0.05) is 0 Å². The first-order valence-electron chi connectivity index (χ1n) is 9.31. The maximum atomic E-state index is 2.73. The molecule has 0 spiro atoms. The third-order valence-corrected chi connectivity index (χ3v) is 5.65. The smallest absolute Gasteiger partial charge is 0.0200 e. The highest BCUT2D eigenvalue weighted by molar-refractivity contribution is 4.89. The molecule has 2 heterocycles. The molecule has 0 radical (unpaired) electrons. The lowest BCUT2D eigenvalue weighted by molar-refractivity contribution is 0.00499. The minimum Gasteiger partial charge on any atom is -0.300 e. The van der Waals surface area contributed by atoms with Gasteiger partial charge in [0.2, 0.25) is 0 Å². The molecule has 0 saturated carbocycles. The van der Waals surface area contributed by atoms with E-state index in [2.05, 4.69) is 63.2 Å². The van der Waals surface area contributed by atoms with Crippen LogP contribution >= 0.6 is 0 Å². The second kappa shape index (κ2) is 6.78. The van der Waals surface area contributed by atoms with E-state index in [0.29, 0.717) is 17.1 Å². The monoisotopic (exact) mass is 309 g/mol. The van der Waals surface area contributed by atoms with Crippen molar-refractivity contribution in [2.24, 2.45) is 5.92 Å². The van der Waals surface area contributed by atoms with E-state index in [4.69, 9.17) is 0 Å². The van der Waals surface area contributed by atoms with Gasteiger partial charge in [-0.2, -0.15) is 0 Å². The van der Waals surface area contributed by atoms with Gasteiger partial charge in [-0.15, -0.1) is 0 Å². The van der Waals surface area contributed by atoms with E-state index in [1.807, 2.05) is 0 Å². The van der Waals surface area contributed by atoms with Gasteiger partial charge in [-0.3, -0.25) is 9.80 Å². The van der Waals surface area contributed by atoms with Crippen LogP contribution in [0.15, 0.2) is 0 Å². The molecule has 0 amide bonds. The number of rotatable bonds is 2. The van der Waals surface area contributed by atoms with Crippen LogP contribution < -0.4 is 0 Å². The third kappa shape index (κ3) is 4.69. The molecule has 0 bridgehead atoms. The summed E-state index contributed by atoms with van der Waals surface area (Å²) in [7, 11) is 0. The predicted molar refractivity (Wildman–Crippen MR) is 96.4 cm³/mol. The second-order valence-electron chi connectivity index (χ2n) is 9.57. The zero-order valence-corrected chi connectivity index (χ0v) is 16.2. The van der Waals surface area contributed by atoms with Crippen molar-refractivity contribution in [2.75, 3.05) is 39.3 Å². The van der Waals surface area contributed by atoms with Crippen LogP contribution in [0.3, 0.4) is 0 Å². The van der Waals surface area contributed by atoms with Crippen molar-refractivity contribution in [3.8, 4) is 0 Å². The molecular formula is C19H39N3. The van der Waals surface area contributed by atoms with Gasteiger partial charge in [0.05, 0.1) is 0 Å².